The maximum Gasteiger partial charge on any atom is 0.333 e. The Labute approximate surface area is 198 Å². The van der Waals surface area contributed by atoms with Crippen molar-refractivity contribution >= 4 is 22.8 Å². The minimum Gasteiger partial charge on any atom is -0.368 e. The molecule has 0 aliphatic carbocycles. The van der Waals surface area contributed by atoms with E-state index in [1.54, 1.807) is 36.7 Å². The van der Waals surface area contributed by atoms with Crippen molar-refractivity contribution in [2.24, 2.45) is 0 Å². The highest BCUT2D eigenvalue weighted by molar-refractivity contribution is 5.84. The van der Waals surface area contributed by atoms with Crippen LogP contribution in [-0.4, -0.2) is 41.1 Å². The van der Waals surface area contributed by atoms with Gasteiger partial charge in [0.15, 0.2) is 12.1 Å². The lowest BCUT2D eigenvalue weighted by molar-refractivity contribution is -0.0375. The summed E-state index contributed by atoms with van der Waals surface area (Å²) in [5.74, 6) is -0.224. The van der Waals surface area contributed by atoms with Crippen molar-refractivity contribution in [3.05, 3.63) is 42.1 Å². The van der Waals surface area contributed by atoms with Crippen molar-refractivity contribution in [3.8, 4) is 11.4 Å². The Hall–Kier alpha value is -3.74. The fraction of sp³-hybridized carbons (Fsp3) is 0.409. The number of ether oxygens (including phenoxy) is 1. The number of halogens is 3. The molecular weight excluding hydrogens is 463 g/mol. The summed E-state index contributed by atoms with van der Waals surface area (Å²) in [6.45, 7) is 1.36. The van der Waals surface area contributed by atoms with E-state index in [1.807, 2.05) is 0 Å². The van der Waals surface area contributed by atoms with Crippen LogP contribution < -0.4 is 11.1 Å². The maximum atomic E-state index is 14.5. The van der Waals surface area contributed by atoms with Gasteiger partial charge in [-0.25, -0.2) is 9.36 Å². The second-order valence-electron chi connectivity index (χ2n) is 8.84. The second kappa shape index (κ2) is 8.80. The molecule has 1 aromatic carbocycles. The Morgan fingerprint density at radius 2 is 1.97 bits per heavy atom. The molecule has 1 aliphatic heterocycles. The number of benzene rings is 1. The van der Waals surface area contributed by atoms with E-state index in [9.17, 15) is 13.2 Å². The van der Waals surface area contributed by atoms with Gasteiger partial charge >= 0.3 is 6.55 Å². The van der Waals surface area contributed by atoms with Crippen LogP contribution in [0.1, 0.15) is 51.6 Å². The lowest BCUT2D eigenvalue weighted by Crippen LogP contribution is -2.30. The number of aromatic nitrogens is 7. The van der Waals surface area contributed by atoms with Crippen molar-refractivity contribution in [1.29, 1.82) is 0 Å². The first-order valence-corrected chi connectivity index (χ1v) is 11.1. The minimum atomic E-state index is -2.74. The molecule has 0 bridgehead atoms. The van der Waals surface area contributed by atoms with Gasteiger partial charge in [0.05, 0.1) is 22.1 Å². The van der Waals surface area contributed by atoms with Crippen LogP contribution in [0.3, 0.4) is 0 Å². The Morgan fingerprint density at radius 3 is 2.69 bits per heavy atom. The molecule has 1 saturated heterocycles. The summed E-state index contributed by atoms with van der Waals surface area (Å²) >= 11 is 0. The lowest BCUT2D eigenvalue weighted by atomic mass is 10.0. The van der Waals surface area contributed by atoms with E-state index in [-0.39, 0.29) is 23.9 Å². The van der Waals surface area contributed by atoms with Gasteiger partial charge in [-0.2, -0.15) is 33.2 Å². The van der Waals surface area contributed by atoms with E-state index in [1.165, 1.54) is 12.3 Å². The molecule has 4 heterocycles. The standard InChI is InChI=1S/C22H24F3N9O/c1-22(2,15-8-9-33(31-15)19(24)25)30-21-28-18(27-20(26)29-21)12-6-7-13-14(11-12)34(32-17(13)23)16-5-3-4-10-35-16/h6-9,11,16,19H,3-5,10H2,1-2H3,(H3,26,27,28,29,30). The van der Waals surface area contributed by atoms with Crippen molar-refractivity contribution < 1.29 is 17.9 Å². The van der Waals surface area contributed by atoms with Gasteiger partial charge in [0.1, 0.15) is 0 Å². The molecule has 13 heteroatoms. The third-order valence-electron chi connectivity index (χ3n) is 5.87. The van der Waals surface area contributed by atoms with Crippen LogP contribution in [0.2, 0.25) is 0 Å². The van der Waals surface area contributed by atoms with Crippen LogP contribution in [0.5, 0.6) is 0 Å². The molecule has 10 nitrogen and oxygen atoms in total. The number of nitrogen functional groups attached to an aromatic ring is 1. The first-order chi connectivity index (χ1) is 16.7. The van der Waals surface area contributed by atoms with Gasteiger partial charge in [-0.15, -0.1) is 5.10 Å². The molecule has 3 N–H and O–H groups in total. The van der Waals surface area contributed by atoms with E-state index < -0.39 is 18.0 Å². The molecule has 1 atom stereocenters. The summed E-state index contributed by atoms with van der Waals surface area (Å²) in [5.41, 5.74) is 6.55. The van der Waals surface area contributed by atoms with Crippen LogP contribution >= 0.6 is 0 Å². The third-order valence-corrected chi connectivity index (χ3v) is 5.87. The van der Waals surface area contributed by atoms with Crippen LogP contribution in [0.25, 0.3) is 22.3 Å². The fourth-order valence-electron chi connectivity index (χ4n) is 4.07. The summed E-state index contributed by atoms with van der Waals surface area (Å²) in [7, 11) is 0. The highest BCUT2D eigenvalue weighted by Gasteiger charge is 2.26. The van der Waals surface area contributed by atoms with Gasteiger partial charge in [-0.05, 0) is 51.3 Å². The van der Waals surface area contributed by atoms with Crippen LogP contribution in [-0.2, 0) is 10.3 Å². The average molecular weight is 487 g/mol. The van der Waals surface area contributed by atoms with Gasteiger partial charge in [0.2, 0.25) is 17.8 Å². The first-order valence-electron chi connectivity index (χ1n) is 11.1. The number of hydrogen-bond donors (Lipinski definition) is 2. The predicted octanol–water partition coefficient (Wildman–Crippen LogP) is 4.25. The van der Waals surface area contributed by atoms with Gasteiger partial charge in [-0.1, -0.05) is 6.07 Å². The first kappa shape index (κ1) is 23.0. The van der Waals surface area contributed by atoms with Gasteiger partial charge in [0.25, 0.3) is 0 Å². The normalized spacial score (nSPS) is 16.8. The zero-order valence-corrected chi connectivity index (χ0v) is 19.1. The predicted molar refractivity (Wildman–Crippen MR) is 122 cm³/mol. The number of nitrogens with zero attached hydrogens (tertiary/aromatic N) is 7. The number of fused-ring (bicyclic) bond motifs is 1. The van der Waals surface area contributed by atoms with Gasteiger partial charge in [0, 0.05) is 18.4 Å². The van der Waals surface area contributed by atoms with Crippen molar-refractivity contribution in [2.75, 3.05) is 17.7 Å². The van der Waals surface area contributed by atoms with Crippen LogP contribution in [0, 0.1) is 5.95 Å². The summed E-state index contributed by atoms with van der Waals surface area (Å²) in [4.78, 5) is 12.8. The SMILES string of the molecule is CC(C)(Nc1nc(N)nc(-c2ccc3c(F)nn(C4CCCCO4)c3c2)n1)c1ccn(C(F)F)n1. The minimum absolute atomic E-state index is 0.0400. The number of hydrogen-bond acceptors (Lipinski definition) is 8. The van der Waals surface area contributed by atoms with E-state index in [4.69, 9.17) is 10.5 Å². The number of anilines is 2. The number of nitrogens with one attached hydrogen (secondary N) is 1. The summed E-state index contributed by atoms with van der Waals surface area (Å²) in [5, 5.41) is 11.4. The van der Waals surface area contributed by atoms with Gasteiger partial charge < -0.3 is 15.8 Å². The molecule has 1 fully saturated rings. The lowest BCUT2D eigenvalue weighted by Gasteiger charge is -2.24. The van der Waals surface area contributed by atoms with E-state index >= 15 is 0 Å². The zero-order valence-electron chi connectivity index (χ0n) is 19.1. The summed E-state index contributed by atoms with van der Waals surface area (Å²) in [6, 6.07) is 6.51. The molecule has 0 amide bonds. The molecule has 184 valence electrons. The maximum absolute atomic E-state index is 14.5. The molecule has 0 saturated carbocycles. The second-order valence-corrected chi connectivity index (χ2v) is 8.84. The van der Waals surface area contributed by atoms with Crippen LogP contribution in [0.4, 0.5) is 25.1 Å². The molecule has 0 spiro atoms. The van der Waals surface area contributed by atoms with Crippen LogP contribution in [0.15, 0.2) is 30.5 Å². The Morgan fingerprint density at radius 1 is 1.14 bits per heavy atom. The largest absolute Gasteiger partial charge is 0.368 e. The average Bonchev–Trinajstić information content (AvgIpc) is 3.45. The molecule has 4 aromatic rings. The quantitative estimate of drug-likeness (QED) is 0.414. The fourth-order valence-corrected chi connectivity index (χ4v) is 4.07. The molecule has 1 unspecified atom stereocenters. The monoisotopic (exact) mass is 487 g/mol. The molecular formula is C22H24F3N9O. The molecule has 0 radical (unpaired) electrons. The molecule has 5 rings (SSSR count). The van der Waals surface area contributed by atoms with Crippen molar-refractivity contribution in [1.82, 2.24) is 34.5 Å². The molecule has 35 heavy (non-hydrogen) atoms. The van der Waals surface area contributed by atoms with Crippen molar-refractivity contribution in [2.45, 2.75) is 51.4 Å². The summed E-state index contributed by atoms with van der Waals surface area (Å²) in [6.07, 6.45) is 3.52. The third kappa shape index (κ3) is 4.50. The Balaban J connectivity index is 1.48. The smallest absolute Gasteiger partial charge is 0.333 e. The number of alkyl halides is 2. The van der Waals surface area contributed by atoms with E-state index in [0.717, 1.165) is 19.3 Å². The van der Waals surface area contributed by atoms with E-state index in [2.05, 4.69) is 30.5 Å². The molecule has 1 aliphatic rings. The molecule has 3 aromatic heterocycles. The Kier molecular flexibility index (Phi) is 5.79. The van der Waals surface area contributed by atoms with Crippen molar-refractivity contribution in [3.63, 3.8) is 0 Å². The number of nitrogens with two attached hydrogens (primary N) is 1. The Bertz CT molecular complexity index is 1360. The zero-order chi connectivity index (χ0) is 24.7. The van der Waals surface area contributed by atoms with E-state index in [0.29, 0.717) is 33.4 Å². The highest BCUT2D eigenvalue weighted by Crippen LogP contribution is 2.31. The highest BCUT2D eigenvalue weighted by atomic mass is 19.3. The topological polar surface area (TPSA) is 122 Å². The van der Waals surface area contributed by atoms with Gasteiger partial charge in [-0.3, -0.25) is 0 Å². The summed E-state index contributed by atoms with van der Waals surface area (Å²) < 4.78 is 48.3. The number of rotatable bonds is 6.